The number of nitrogens with one attached hydrogen (secondary N) is 1. The normalized spacial score (nSPS) is 14.0. The fraction of sp³-hybridized carbons (Fsp3) is 0.700. The Labute approximate surface area is 250 Å². The maximum absolute atomic E-state index is 12.6. The van der Waals surface area contributed by atoms with Crippen molar-refractivity contribution in [3.63, 3.8) is 0 Å². The molecule has 11 heteroatoms. The summed E-state index contributed by atoms with van der Waals surface area (Å²) in [6.07, 6.45) is 8.94. The standard InChI is InChI=1S/C30H49ClN4O6/c1-30(2,3)41-29(38)33-14-12-10-8-6-5-7-9-11-13-27(36)35-17-15-34(16-18-35)19-20-40-28(37)23-21-24(31)25(32)22-26(23)39-4/h21-22H,5-20,32H2,1-4H3,(H,33,38). The molecule has 0 bridgehead atoms. The molecule has 1 aromatic rings. The van der Waals surface area contributed by atoms with Gasteiger partial charge in [-0.15, -0.1) is 0 Å². The van der Waals surface area contributed by atoms with Crippen LogP contribution in [0, 0.1) is 0 Å². The van der Waals surface area contributed by atoms with Crippen molar-refractivity contribution in [2.45, 2.75) is 84.2 Å². The number of anilines is 1. The van der Waals surface area contributed by atoms with Gasteiger partial charge in [0.15, 0.2) is 0 Å². The second-order valence-corrected chi connectivity index (χ2v) is 11.8. The first kappa shape index (κ1) is 34.5. The van der Waals surface area contributed by atoms with Gasteiger partial charge in [-0.3, -0.25) is 9.69 Å². The molecule has 0 radical (unpaired) electrons. The van der Waals surface area contributed by atoms with Crippen LogP contribution in [0.15, 0.2) is 12.1 Å². The van der Waals surface area contributed by atoms with Gasteiger partial charge in [-0.25, -0.2) is 9.59 Å². The van der Waals surface area contributed by atoms with Gasteiger partial charge in [0.2, 0.25) is 5.91 Å². The molecule has 3 N–H and O–H groups in total. The highest BCUT2D eigenvalue weighted by molar-refractivity contribution is 6.33. The number of carbonyl (C=O) groups is 3. The van der Waals surface area contributed by atoms with Gasteiger partial charge in [0.25, 0.3) is 0 Å². The van der Waals surface area contributed by atoms with Crippen LogP contribution < -0.4 is 15.8 Å². The minimum atomic E-state index is -0.509. The van der Waals surface area contributed by atoms with Crippen LogP contribution >= 0.6 is 11.6 Å². The van der Waals surface area contributed by atoms with Crippen molar-refractivity contribution in [2.24, 2.45) is 0 Å². The van der Waals surface area contributed by atoms with E-state index in [1.807, 2.05) is 25.7 Å². The van der Waals surface area contributed by atoms with Gasteiger partial charge >= 0.3 is 12.1 Å². The number of piperazine rings is 1. The summed E-state index contributed by atoms with van der Waals surface area (Å²) in [5.74, 6) is 0.0385. The summed E-state index contributed by atoms with van der Waals surface area (Å²) in [5.41, 5.74) is 5.89. The molecule has 1 heterocycles. The van der Waals surface area contributed by atoms with E-state index in [0.29, 0.717) is 44.0 Å². The first-order valence-corrected chi connectivity index (χ1v) is 15.1. The zero-order chi connectivity index (χ0) is 30.3. The minimum Gasteiger partial charge on any atom is -0.496 e. The number of unbranched alkanes of at least 4 members (excludes halogenated alkanes) is 7. The monoisotopic (exact) mass is 596 g/mol. The molecule has 2 amide bonds. The number of benzene rings is 1. The average Bonchev–Trinajstić information content (AvgIpc) is 2.92. The van der Waals surface area contributed by atoms with E-state index in [0.717, 1.165) is 51.6 Å². The highest BCUT2D eigenvalue weighted by atomic mass is 35.5. The van der Waals surface area contributed by atoms with Crippen LogP contribution in [0.5, 0.6) is 5.75 Å². The summed E-state index contributed by atoms with van der Waals surface area (Å²) in [6.45, 7) is 9.95. The molecule has 1 fully saturated rings. The lowest BCUT2D eigenvalue weighted by molar-refractivity contribution is -0.133. The predicted molar refractivity (Wildman–Crippen MR) is 162 cm³/mol. The van der Waals surface area contributed by atoms with E-state index in [2.05, 4.69) is 10.2 Å². The molecular weight excluding hydrogens is 548 g/mol. The van der Waals surface area contributed by atoms with Gasteiger partial charge in [-0.2, -0.15) is 0 Å². The Balaban J connectivity index is 1.47. The molecule has 2 rings (SSSR count). The number of alkyl carbamates (subject to hydrolysis) is 1. The third-order valence-electron chi connectivity index (χ3n) is 6.89. The Morgan fingerprint density at radius 1 is 0.951 bits per heavy atom. The molecule has 0 unspecified atom stereocenters. The first-order chi connectivity index (χ1) is 19.5. The lowest BCUT2D eigenvalue weighted by Crippen LogP contribution is -2.49. The number of amides is 2. The number of hydrogen-bond donors (Lipinski definition) is 2. The van der Waals surface area contributed by atoms with Crippen LogP contribution in [-0.2, 0) is 14.3 Å². The van der Waals surface area contributed by atoms with Gasteiger partial charge < -0.3 is 30.2 Å². The Morgan fingerprint density at radius 3 is 2.17 bits per heavy atom. The van der Waals surface area contributed by atoms with Gasteiger partial charge in [-0.1, -0.05) is 50.1 Å². The van der Waals surface area contributed by atoms with Crippen molar-refractivity contribution in [2.75, 3.05) is 58.7 Å². The molecular formula is C30H49ClN4O6. The third kappa shape index (κ3) is 13.7. The molecule has 0 aromatic heterocycles. The Bertz CT molecular complexity index is 976. The van der Waals surface area contributed by atoms with E-state index in [-0.39, 0.29) is 29.2 Å². The van der Waals surface area contributed by atoms with Crippen molar-refractivity contribution >= 4 is 35.3 Å². The van der Waals surface area contributed by atoms with E-state index < -0.39 is 11.6 Å². The number of carbonyl (C=O) groups excluding carboxylic acids is 3. The number of halogens is 1. The van der Waals surface area contributed by atoms with Crippen molar-refractivity contribution in [1.82, 2.24) is 15.1 Å². The summed E-state index contributed by atoms with van der Waals surface area (Å²) in [6, 6.07) is 2.97. The van der Waals surface area contributed by atoms with Crippen molar-refractivity contribution in [1.29, 1.82) is 0 Å². The molecule has 232 valence electrons. The van der Waals surface area contributed by atoms with Gasteiger partial charge in [0.1, 0.15) is 23.5 Å². The summed E-state index contributed by atoms with van der Waals surface area (Å²) in [5, 5.41) is 3.07. The highest BCUT2D eigenvalue weighted by Crippen LogP contribution is 2.29. The lowest BCUT2D eigenvalue weighted by Gasteiger charge is -2.34. The van der Waals surface area contributed by atoms with Crippen molar-refractivity contribution < 1.29 is 28.6 Å². The number of rotatable bonds is 16. The average molecular weight is 597 g/mol. The van der Waals surface area contributed by atoms with Crippen LogP contribution in [-0.4, -0.2) is 86.4 Å². The highest BCUT2D eigenvalue weighted by Gasteiger charge is 2.22. The van der Waals surface area contributed by atoms with E-state index in [1.165, 1.54) is 32.1 Å². The first-order valence-electron chi connectivity index (χ1n) is 14.8. The second kappa shape index (κ2) is 18.0. The number of nitrogens with zero attached hydrogens (tertiary/aromatic N) is 2. The molecule has 1 saturated heterocycles. The summed E-state index contributed by atoms with van der Waals surface area (Å²) >= 11 is 6.04. The number of esters is 1. The van der Waals surface area contributed by atoms with E-state index >= 15 is 0 Å². The molecule has 0 saturated carbocycles. The topological polar surface area (TPSA) is 123 Å². The van der Waals surface area contributed by atoms with Gasteiger partial charge in [0.05, 0.1) is 17.8 Å². The molecule has 41 heavy (non-hydrogen) atoms. The maximum Gasteiger partial charge on any atom is 0.407 e. The molecule has 10 nitrogen and oxygen atoms in total. The zero-order valence-corrected chi connectivity index (χ0v) is 26.0. The number of nitrogen functional groups attached to an aromatic ring is 1. The molecule has 0 atom stereocenters. The third-order valence-corrected chi connectivity index (χ3v) is 7.22. The number of hydrogen-bond acceptors (Lipinski definition) is 8. The smallest absolute Gasteiger partial charge is 0.407 e. The van der Waals surface area contributed by atoms with E-state index in [1.54, 1.807) is 0 Å². The predicted octanol–water partition coefficient (Wildman–Crippen LogP) is 5.27. The van der Waals surface area contributed by atoms with Gasteiger partial charge in [0, 0.05) is 51.8 Å². The Hall–Kier alpha value is -2.72. The quantitative estimate of drug-likeness (QED) is 0.150. The largest absolute Gasteiger partial charge is 0.496 e. The second-order valence-electron chi connectivity index (χ2n) is 11.4. The number of nitrogens with two attached hydrogens (primary N) is 1. The summed E-state index contributed by atoms with van der Waals surface area (Å²) in [4.78, 5) is 40.8. The maximum atomic E-state index is 12.6. The van der Waals surface area contributed by atoms with Crippen LogP contribution in [0.25, 0.3) is 0 Å². The fourth-order valence-corrected chi connectivity index (χ4v) is 4.75. The SMILES string of the molecule is COc1cc(N)c(Cl)cc1C(=O)OCCN1CCN(C(=O)CCCCCCCCCCNC(=O)OC(C)(C)C)CC1. The molecule has 0 aliphatic carbocycles. The van der Waals surface area contributed by atoms with E-state index in [9.17, 15) is 14.4 Å². The Morgan fingerprint density at radius 2 is 1.56 bits per heavy atom. The molecule has 1 aliphatic heterocycles. The van der Waals surface area contributed by atoms with Crippen molar-refractivity contribution in [3.8, 4) is 5.75 Å². The number of ether oxygens (including phenoxy) is 3. The molecule has 0 spiro atoms. The lowest BCUT2D eigenvalue weighted by atomic mass is 10.1. The zero-order valence-electron chi connectivity index (χ0n) is 25.3. The van der Waals surface area contributed by atoms with Gasteiger partial charge in [-0.05, 0) is 39.7 Å². The molecule has 1 aromatic carbocycles. The number of methoxy groups -OCH3 is 1. The van der Waals surface area contributed by atoms with Crippen LogP contribution in [0.1, 0.15) is 88.9 Å². The summed E-state index contributed by atoms with van der Waals surface area (Å²) in [7, 11) is 1.46. The van der Waals surface area contributed by atoms with Crippen LogP contribution in [0.4, 0.5) is 10.5 Å². The minimum absolute atomic E-state index is 0.223. The molecule has 1 aliphatic rings. The van der Waals surface area contributed by atoms with Crippen LogP contribution in [0.2, 0.25) is 5.02 Å². The van der Waals surface area contributed by atoms with Crippen LogP contribution in [0.3, 0.4) is 0 Å². The fourth-order valence-electron chi connectivity index (χ4n) is 4.59. The van der Waals surface area contributed by atoms with E-state index in [4.69, 9.17) is 31.5 Å². The Kier molecular flexibility index (Phi) is 15.1. The summed E-state index contributed by atoms with van der Waals surface area (Å²) < 4.78 is 15.9. The van der Waals surface area contributed by atoms with Crippen molar-refractivity contribution in [3.05, 3.63) is 22.7 Å².